The maximum atomic E-state index is 6.13. The molecule has 2 aromatic carbocycles. The minimum atomic E-state index is 0.170. The third kappa shape index (κ3) is 5.04. The number of hydrogen-bond donors (Lipinski definition) is 2. The number of fused-ring (bicyclic) bond motifs is 1. The van der Waals surface area contributed by atoms with Gasteiger partial charge >= 0.3 is 0 Å². The molecule has 4 aromatic rings. The molecule has 2 aromatic heterocycles. The molecule has 3 heterocycles. The van der Waals surface area contributed by atoms with Crippen molar-refractivity contribution in [2.24, 2.45) is 5.73 Å². The molecule has 0 saturated carbocycles. The SMILES string of the molecule is CC.CC(C)n1cnc2c(NCc3ccc(-c4ccccc4)cc3)nc(N3CCC(N)C3)nc21. The van der Waals surface area contributed by atoms with Gasteiger partial charge in [-0.05, 0) is 37.0 Å². The van der Waals surface area contributed by atoms with Gasteiger partial charge in [-0.25, -0.2) is 4.98 Å². The summed E-state index contributed by atoms with van der Waals surface area (Å²) in [5.41, 5.74) is 11.4. The van der Waals surface area contributed by atoms with Crippen LogP contribution in [0.1, 0.15) is 45.7 Å². The van der Waals surface area contributed by atoms with E-state index in [0.717, 1.165) is 42.4 Å². The number of nitrogens with two attached hydrogens (primary N) is 1. The number of nitrogens with zero attached hydrogens (tertiary/aromatic N) is 5. The number of imidazole rings is 1. The van der Waals surface area contributed by atoms with Crippen LogP contribution in [0.4, 0.5) is 11.8 Å². The zero-order valence-corrected chi connectivity index (χ0v) is 20.6. The van der Waals surface area contributed by atoms with Crippen LogP contribution in [0.3, 0.4) is 0 Å². The van der Waals surface area contributed by atoms with Crippen LogP contribution < -0.4 is 16.0 Å². The van der Waals surface area contributed by atoms with Gasteiger partial charge < -0.3 is 20.5 Å². The first kappa shape index (κ1) is 23.7. The van der Waals surface area contributed by atoms with E-state index >= 15 is 0 Å². The zero-order chi connectivity index (χ0) is 24.1. The van der Waals surface area contributed by atoms with Crippen molar-refractivity contribution in [2.75, 3.05) is 23.3 Å². The number of benzene rings is 2. The fraction of sp³-hybridized carbons (Fsp3) is 0.370. The minimum Gasteiger partial charge on any atom is -0.364 e. The summed E-state index contributed by atoms with van der Waals surface area (Å²) in [6, 6.07) is 19.5. The standard InChI is InChI=1S/C25H29N7.C2H6/c1-17(2)32-16-28-22-23(29-25(30-24(22)32)31-13-12-21(26)15-31)27-14-18-8-10-20(11-9-18)19-6-4-3-5-7-19;1-2/h3-11,16-17,21H,12-15,26H2,1-2H3,(H,27,29,30);1-2H3. The Morgan fingerprint density at radius 3 is 2.35 bits per heavy atom. The molecule has 1 aliphatic heterocycles. The summed E-state index contributed by atoms with van der Waals surface area (Å²) < 4.78 is 2.09. The van der Waals surface area contributed by atoms with Crippen LogP contribution >= 0.6 is 0 Å². The Morgan fingerprint density at radius 2 is 1.71 bits per heavy atom. The van der Waals surface area contributed by atoms with E-state index in [1.165, 1.54) is 16.7 Å². The van der Waals surface area contributed by atoms with Gasteiger partial charge in [0.15, 0.2) is 17.0 Å². The van der Waals surface area contributed by atoms with Gasteiger partial charge in [-0.15, -0.1) is 0 Å². The van der Waals surface area contributed by atoms with Crippen molar-refractivity contribution in [1.29, 1.82) is 0 Å². The first-order valence-corrected chi connectivity index (χ1v) is 12.2. The molecule has 1 unspecified atom stereocenters. The molecule has 0 spiro atoms. The molecular formula is C27H35N7. The Balaban J connectivity index is 0.00000133. The zero-order valence-electron chi connectivity index (χ0n) is 20.6. The quantitative estimate of drug-likeness (QED) is 0.411. The molecule has 178 valence electrons. The number of anilines is 2. The summed E-state index contributed by atoms with van der Waals surface area (Å²) in [5.74, 6) is 1.48. The van der Waals surface area contributed by atoms with E-state index in [0.29, 0.717) is 6.54 Å². The smallest absolute Gasteiger partial charge is 0.229 e. The van der Waals surface area contributed by atoms with E-state index in [-0.39, 0.29) is 12.1 Å². The fourth-order valence-electron chi connectivity index (χ4n) is 4.15. The highest BCUT2D eigenvalue weighted by Gasteiger charge is 2.24. The lowest BCUT2D eigenvalue weighted by Gasteiger charge is -2.18. The normalized spacial score (nSPS) is 15.5. The molecular weight excluding hydrogens is 422 g/mol. The molecule has 0 amide bonds. The largest absolute Gasteiger partial charge is 0.364 e. The highest BCUT2D eigenvalue weighted by atomic mass is 15.3. The lowest BCUT2D eigenvalue weighted by atomic mass is 10.0. The van der Waals surface area contributed by atoms with Gasteiger partial charge in [-0.2, -0.15) is 9.97 Å². The summed E-state index contributed by atoms with van der Waals surface area (Å²) in [5, 5.41) is 3.51. The average Bonchev–Trinajstić information content (AvgIpc) is 3.51. The molecule has 1 aliphatic rings. The van der Waals surface area contributed by atoms with Gasteiger partial charge in [0, 0.05) is 31.7 Å². The van der Waals surface area contributed by atoms with E-state index in [1.807, 2.05) is 26.2 Å². The lowest BCUT2D eigenvalue weighted by Crippen LogP contribution is -2.28. The van der Waals surface area contributed by atoms with E-state index in [1.54, 1.807) is 0 Å². The Bertz CT molecular complexity index is 1200. The van der Waals surface area contributed by atoms with Crippen molar-refractivity contribution in [3.05, 3.63) is 66.5 Å². The van der Waals surface area contributed by atoms with Gasteiger partial charge in [0.25, 0.3) is 0 Å². The fourth-order valence-corrected chi connectivity index (χ4v) is 4.15. The first-order chi connectivity index (χ1) is 16.6. The molecule has 0 radical (unpaired) electrons. The van der Waals surface area contributed by atoms with E-state index < -0.39 is 0 Å². The van der Waals surface area contributed by atoms with Gasteiger partial charge in [0.2, 0.25) is 5.95 Å². The van der Waals surface area contributed by atoms with Crippen molar-refractivity contribution in [2.45, 2.75) is 52.7 Å². The Labute approximate surface area is 202 Å². The Hall–Kier alpha value is -3.45. The van der Waals surface area contributed by atoms with Crippen molar-refractivity contribution in [3.63, 3.8) is 0 Å². The maximum absolute atomic E-state index is 6.13. The van der Waals surface area contributed by atoms with Crippen LogP contribution in [0.5, 0.6) is 0 Å². The molecule has 1 saturated heterocycles. The molecule has 3 N–H and O–H groups in total. The minimum absolute atomic E-state index is 0.170. The van der Waals surface area contributed by atoms with Gasteiger partial charge in [0.05, 0.1) is 6.33 Å². The second-order valence-corrected chi connectivity index (χ2v) is 8.70. The highest BCUT2D eigenvalue weighted by molar-refractivity contribution is 5.84. The molecule has 7 heteroatoms. The second kappa shape index (κ2) is 10.7. The van der Waals surface area contributed by atoms with E-state index in [4.69, 9.17) is 15.7 Å². The highest BCUT2D eigenvalue weighted by Crippen LogP contribution is 2.27. The predicted octanol–water partition coefficient (Wildman–Crippen LogP) is 5.25. The summed E-state index contributed by atoms with van der Waals surface area (Å²) in [4.78, 5) is 16.5. The summed E-state index contributed by atoms with van der Waals surface area (Å²) in [6.07, 6.45) is 2.81. The van der Waals surface area contributed by atoms with Crippen molar-refractivity contribution >= 4 is 22.9 Å². The number of nitrogens with one attached hydrogen (secondary N) is 1. The molecule has 1 fully saturated rings. The van der Waals surface area contributed by atoms with Gasteiger partial charge in [-0.3, -0.25) is 0 Å². The average molecular weight is 458 g/mol. The molecule has 7 nitrogen and oxygen atoms in total. The Morgan fingerprint density at radius 1 is 1.00 bits per heavy atom. The molecule has 0 bridgehead atoms. The number of rotatable bonds is 6. The molecule has 5 rings (SSSR count). The lowest BCUT2D eigenvalue weighted by molar-refractivity contribution is 0.612. The van der Waals surface area contributed by atoms with Crippen LogP contribution in [0, 0.1) is 0 Å². The molecule has 34 heavy (non-hydrogen) atoms. The number of hydrogen-bond acceptors (Lipinski definition) is 6. The van der Waals surface area contributed by atoms with Crippen molar-refractivity contribution in [3.8, 4) is 11.1 Å². The van der Waals surface area contributed by atoms with Gasteiger partial charge in [-0.1, -0.05) is 68.4 Å². The summed E-state index contributed by atoms with van der Waals surface area (Å²) >= 11 is 0. The van der Waals surface area contributed by atoms with Crippen LogP contribution in [-0.2, 0) is 6.54 Å². The first-order valence-electron chi connectivity index (χ1n) is 12.2. The predicted molar refractivity (Wildman–Crippen MR) is 141 cm³/mol. The number of aromatic nitrogens is 4. The van der Waals surface area contributed by atoms with Gasteiger partial charge in [0.1, 0.15) is 0 Å². The van der Waals surface area contributed by atoms with Crippen molar-refractivity contribution in [1.82, 2.24) is 19.5 Å². The monoisotopic (exact) mass is 457 g/mol. The molecule has 0 aliphatic carbocycles. The van der Waals surface area contributed by atoms with Crippen LogP contribution in [0.15, 0.2) is 60.9 Å². The van der Waals surface area contributed by atoms with E-state index in [2.05, 4.69) is 82.1 Å². The van der Waals surface area contributed by atoms with Crippen LogP contribution in [-0.4, -0.2) is 38.7 Å². The van der Waals surface area contributed by atoms with Crippen LogP contribution in [0.25, 0.3) is 22.3 Å². The Kier molecular flexibility index (Phi) is 7.43. The summed E-state index contributed by atoms with van der Waals surface area (Å²) in [7, 11) is 0. The maximum Gasteiger partial charge on any atom is 0.229 e. The molecule has 1 atom stereocenters. The second-order valence-electron chi connectivity index (χ2n) is 8.70. The van der Waals surface area contributed by atoms with E-state index in [9.17, 15) is 0 Å². The third-order valence-electron chi connectivity index (χ3n) is 5.99. The summed E-state index contributed by atoms with van der Waals surface area (Å²) in [6.45, 7) is 10.6. The third-order valence-corrected chi connectivity index (χ3v) is 5.99. The van der Waals surface area contributed by atoms with Crippen LogP contribution in [0.2, 0.25) is 0 Å². The topological polar surface area (TPSA) is 84.9 Å². The van der Waals surface area contributed by atoms with Crippen molar-refractivity contribution < 1.29 is 0 Å².